The second kappa shape index (κ2) is 5.19. The normalized spacial score (nSPS) is 15.5. The molecule has 2 aromatic carbocycles. The van der Waals surface area contributed by atoms with Crippen molar-refractivity contribution in [3.63, 3.8) is 0 Å². The van der Waals surface area contributed by atoms with E-state index in [-0.39, 0.29) is 17.6 Å². The number of rotatable bonds is 2. The first-order valence-electron chi connectivity index (χ1n) is 7.65. The summed E-state index contributed by atoms with van der Waals surface area (Å²) >= 11 is 0. The number of nitrogens with one attached hydrogen (secondary N) is 1. The highest BCUT2D eigenvalue weighted by Gasteiger charge is 2.31. The number of aryl methyl sites for hydroxylation is 1. The first-order valence-corrected chi connectivity index (χ1v) is 7.65. The van der Waals surface area contributed by atoms with Crippen molar-refractivity contribution < 1.29 is 14.0 Å². The monoisotopic (exact) mass is 310 g/mol. The molecule has 0 saturated heterocycles. The summed E-state index contributed by atoms with van der Waals surface area (Å²) < 4.78 is 12.9. The summed E-state index contributed by atoms with van der Waals surface area (Å²) in [7, 11) is 0. The molecule has 0 spiro atoms. The maximum Gasteiger partial charge on any atom is 0.255 e. The molecule has 0 radical (unpaired) electrons. The Morgan fingerprint density at radius 1 is 1.04 bits per heavy atom. The van der Waals surface area contributed by atoms with Gasteiger partial charge >= 0.3 is 0 Å². The van der Waals surface area contributed by atoms with Crippen LogP contribution in [0, 0.1) is 5.82 Å². The Labute approximate surface area is 132 Å². The molecular weight excluding hydrogens is 295 g/mol. The van der Waals surface area contributed by atoms with Crippen molar-refractivity contribution in [3.8, 4) is 0 Å². The molecule has 2 heterocycles. The van der Waals surface area contributed by atoms with E-state index in [0.29, 0.717) is 18.4 Å². The van der Waals surface area contributed by atoms with Gasteiger partial charge in [-0.25, -0.2) is 4.39 Å². The van der Waals surface area contributed by atoms with Crippen LogP contribution in [0.5, 0.6) is 0 Å². The van der Waals surface area contributed by atoms with Gasteiger partial charge in [0.25, 0.3) is 5.91 Å². The lowest BCUT2D eigenvalue weighted by molar-refractivity contribution is -0.118. The number of nitrogens with zero attached hydrogens (tertiary/aromatic N) is 1. The molecule has 0 bridgehead atoms. The Morgan fingerprint density at radius 3 is 2.48 bits per heavy atom. The predicted molar refractivity (Wildman–Crippen MR) is 85.2 cm³/mol. The first kappa shape index (κ1) is 13.9. The third-order valence-corrected chi connectivity index (χ3v) is 4.42. The van der Waals surface area contributed by atoms with Gasteiger partial charge in [0, 0.05) is 24.2 Å². The summed E-state index contributed by atoms with van der Waals surface area (Å²) in [4.78, 5) is 26.0. The summed E-state index contributed by atoms with van der Waals surface area (Å²) in [6, 6.07) is 9.32. The molecular formula is C18H15FN2O2. The number of carbonyl (C=O) groups is 2. The Hall–Kier alpha value is -2.69. The van der Waals surface area contributed by atoms with E-state index in [4.69, 9.17) is 0 Å². The largest absolute Gasteiger partial charge is 0.322 e. The second-order valence-electron chi connectivity index (χ2n) is 5.90. The molecule has 23 heavy (non-hydrogen) atoms. The fourth-order valence-corrected chi connectivity index (χ4v) is 3.33. The molecule has 0 fully saturated rings. The van der Waals surface area contributed by atoms with Crippen LogP contribution >= 0.6 is 0 Å². The van der Waals surface area contributed by atoms with Crippen molar-refractivity contribution in [2.24, 2.45) is 0 Å². The minimum Gasteiger partial charge on any atom is -0.322 e. The molecule has 5 heteroatoms. The average Bonchev–Trinajstić information content (AvgIpc) is 2.97. The maximum absolute atomic E-state index is 12.9. The Kier molecular flexibility index (Phi) is 3.15. The lowest BCUT2D eigenvalue weighted by Crippen LogP contribution is -2.32. The third-order valence-electron chi connectivity index (χ3n) is 4.42. The summed E-state index contributed by atoms with van der Waals surface area (Å²) in [5.41, 5.74) is 4.38. The SMILES string of the molecule is O=C(Nc1cc2c3c(c1)CCN3C(=O)CC2)c1ccc(F)cc1. The van der Waals surface area contributed by atoms with Crippen LogP contribution in [-0.4, -0.2) is 18.4 Å². The van der Waals surface area contributed by atoms with Crippen molar-refractivity contribution in [1.82, 2.24) is 0 Å². The van der Waals surface area contributed by atoms with Crippen LogP contribution in [0.15, 0.2) is 36.4 Å². The highest BCUT2D eigenvalue weighted by atomic mass is 19.1. The van der Waals surface area contributed by atoms with Gasteiger partial charge in [-0.15, -0.1) is 0 Å². The molecule has 2 aliphatic heterocycles. The fraction of sp³-hybridized carbons (Fsp3) is 0.222. The lowest BCUT2D eigenvalue weighted by atomic mass is 9.98. The van der Waals surface area contributed by atoms with Crippen LogP contribution in [0.2, 0.25) is 0 Å². The smallest absolute Gasteiger partial charge is 0.255 e. The standard InChI is InChI=1S/C18H15FN2O2/c19-14-4-1-11(2-5-14)18(23)20-15-9-12-3-6-16(22)21-8-7-13(10-15)17(12)21/h1-2,4-5,9-10H,3,6-8H2,(H,20,23). The zero-order chi connectivity index (χ0) is 16.0. The lowest BCUT2D eigenvalue weighted by Gasteiger charge is -2.25. The van der Waals surface area contributed by atoms with Gasteiger partial charge in [0.15, 0.2) is 0 Å². The van der Waals surface area contributed by atoms with E-state index >= 15 is 0 Å². The predicted octanol–water partition coefficient (Wildman–Crippen LogP) is 2.91. The molecule has 0 aliphatic carbocycles. The van der Waals surface area contributed by atoms with Crippen molar-refractivity contribution in [3.05, 3.63) is 58.9 Å². The van der Waals surface area contributed by atoms with Gasteiger partial charge in [-0.2, -0.15) is 0 Å². The quantitative estimate of drug-likeness (QED) is 0.927. The zero-order valence-corrected chi connectivity index (χ0v) is 12.4. The van der Waals surface area contributed by atoms with E-state index in [1.54, 1.807) is 0 Å². The van der Waals surface area contributed by atoms with Crippen LogP contribution in [0.4, 0.5) is 15.8 Å². The molecule has 2 amide bonds. The van der Waals surface area contributed by atoms with Crippen LogP contribution in [0.1, 0.15) is 27.9 Å². The molecule has 4 rings (SSSR count). The molecule has 0 aromatic heterocycles. The Bertz CT molecular complexity index is 815. The van der Waals surface area contributed by atoms with Gasteiger partial charge in [0.1, 0.15) is 5.82 Å². The fourth-order valence-electron chi connectivity index (χ4n) is 3.33. The van der Waals surface area contributed by atoms with E-state index in [9.17, 15) is 14.0 Å². The molecule has 0 saturated carbocycles. The average molecular weight is 310 g/mol. The molecule has 116 valence electrons. The second-order valence-corrected chi connectivity index (χ2v) is 5.90. The molecule has 0 atom stereocenters. The van der Waals surface area contributed by atoms with Gasteiger partial charge < -0.3 is 10.2 Å². The highest BCUT2D eigenvalue weighted by molar-refractivity contribution is 6.05. The Morgan fingerprint density at radius 2 is 1.74 bits per heavy atom. The van der Waals surface area contributed by atoms with E-state index in [0.717, 1.165) is 35.5 Å². The summed E-state index contributed by atoms with van der Waals surface area (Å²) in [5.74, 6) is -0.452. The minimum absolute atomic E-state index is 0.180. The molecule has 4 nitrogen and oxygen atoms in total. The van der Waals surface area contributed by atoms with Crippen molar-refractivity contribution in [2.75, 3.05) is 16.8 Å². The Balaban J connectivity index is 1.63. The number of carbonyl (C=O) groups excluding carboxylic acids is 2. The molecule has 1 N–H and O–H groups in total. The number of amides is 2. The maximum atomic E-state index is 12.9. The highest BCUT2D eigenvalue weighted by Crippen LogP contribution is 2.38. The first-order chi connectivity index (χ1) is 11.1. The van der Waals surface area contributed by atoms with Gasteiger partial charge in [-0.1, -0.05) is 0 Å². The van der Waals surface area contributed by atoms with E-state index < -0.39 is 0 Å². The van der Waals surface area contributed by atoms with E-state index in [2.05, 4.69) is 5.32 Å². The van der Waals surface area contributed by atoms with E-state index in [1.165, 1.54) is 24.3 Å². The third kappa shape index (κ3) is 2.38. The summed E-state index contributed by atoms with van der Waals surface area (Å²) in [6.07, 6.45) is 2.04. The van der Waals surface area contributed by atoms with Gasteiger partial charge in [-0.3, -0.25) is 9.59 Å². The number of hydrogen-bond acceptors (Lipinski definition) is 2. The van der Waals surface area contributed by atoms with Crippen molar-refractivity contribution in [2.45, 2.75) is 19.3 Å². The number of benzene rings is 2. The number of anilines is 2. The van der Waals surface area contributed by atoms with Gasteiger partial charge in [0.05, 0.1) is 5.69 Å². The van der Waals surface area contributed by atoms with Crippen molar-refractivity contribution in [1.29, 1.82) is 0 Å². The summed E-state index contributed by atoms with van der Waals surface area (Å²) in [5, 5.41) is 2.87. The van der Waals surface area contributed by atoms with Crippen LogP contribution in [0.25, 0.3) is 0 Å². The molecule has 2 aliphatic rings. The number of hydrogen-bond donors (Lipinski definition) is 1. The molecule has 2 aromatic rings. The topological polar surface area (TPSA) is 49.4 Å². The molecule has 0 unspecified atom stereocenters. The van der Waals surface area contributed by atoms with Gasteiger partial charge in [0.2, 0.25) is 5.91 Å². The number of halogens is 1. The van der Waals surface area contributed by atoms with Gasteiger partial charge in [-0.05, 0) is 60.4 Å². The van der Waals surface area contributed by atoms with Crippen LogP contribution in [0.3, 0.4) is 0 Å². The summed E-state index contributed by atoms with van der Waals surface area (Å²) in [6.45, 7) is 0.719. The van der Waals surface area contributed by atoms with Crippen LogP contribution in [-0.2, 0) is 17.6 Å². The van der Waals surface area contributed by atoms with Crippen molar-refractivity contribution >= 4 is 23.2 Å². The van der Waals surface area contributed by atoms with Crippen LogP contribution < -0.4 is 10.2 Å². The van der Waals surface area contributed by atoms with E-state index in [1.807, 2.05) is 17.0 Å². The minimum atomic E-state index is -0.367. The zero-order valence-electron chi connectivity index (χ0n) is 12.4.